The summed E-state index contributed by atoms with van der Waals surface area (Å²) in [6, 6.07) is 12.0. The molecule has 0 spiro atoms. The van der Waals surface area contributed by atoms with Gasteiger partial charge in [-0.25, -0.2) is 9.18 Å². The molecule has 8 heteroatoms. The fraction of sp³-hybridized carbons (Fsp3) is 0.348. The molecule has 1 fully saturated rings. The molecule has 0 aliphatic carbocycles. The van der Waals surface area contributed by atoms with E-state index in [1.807, 2.05) is 31.2 Å². The molecule has 1 aromatic carbocycles. The lowest BCUT2D eigenvalue weighted by Gasteiger charge is -2.32. The molecule has 0 saturated carbocycles. The van der Waals surface area contributed by atoms with Gasteiger partial charge in [0.2, 0.25) is 0 Å². The number of halogens is 1. The van der Waals surface area contributed by atoms with E-state index < -0.39 is 5.82 Å². The SMILES string of the molecule is Cc1ccc(NC(=O)NC2CCN(CCn3c(=O)ccc4ncc(F)cc43)CC2)cc1. The predicted molar refractivity (Wildman–Crippen MR) is 119 cm³/mol. The number of fused-ring (bicyclic) bond motifs is 1. The van der Waals surface area contributed by atoms with Gasteiger partial charge in [-0.05, 0) is 38.0 Å². The minimum absolute atomic E-state index is 0.111. The van der Waals surface area contributed by atoms with Crippen LogP contribution >= 0.6 is 0 Å². The van der Waals surface area contributed by atoms with Crippen LogP contribution in [0.5, 0.6) is 0 Å². The van der Waals surface area contributed by atoms with Gasteiger partial charge in [-0.1, -0.05) is 17.7 Å². The number of piperidine rings is 1. The average Bonchev–Trinajstić information content (AvgIpc) is 2.76. The summed E-state index contributed by atoms with van der Waals surface area (Å²) in [5.74, 6) is -0.456. The average molecular weight is 423 g/mol. The second kappa shape index (κ2) is 9.26. The third-order valence-electron chi connectivity index (χ3n) is 5.68. The van der Waals surface area contributed by atoms with Crippen LogP contribution in [0.1, 0.15) is 18.4 Å². The van der Waals surface area contributed by atoms with Gasteiger partial charge in [0.05, 0.1) is 17.2 Å². The first-order chi connectivity index (χ1) is 15.0. The van der Waals surface area contributed by atoms with Crippen molar-refractivity contribution < 1.29 is 9.18 Å². The summed E-state index contributed by atoms with van der Waals surface area (Å²) in [6.45, 7) is 4.79. The number of carbonyl (C=O) groups is 1. The van der Waals surface area contributed by atoms with Crippen molar-refractivity contribution >= 4 is 22.8 Å². The minimum Gasteiger partial charge on any atom is -0.335 e. The summed E-state index contributed by atoms with van der Waals surface area (Å²) in [5, 5.41) is 5.90. The summed E-state index contributed by atoms with van der Waals surface area (Å²) in [7, 11) is 0. The second-order valence-corrected chi connectivity index (χ2v) is 7.96. The quantitative estimate of drug-likeness (QED) is 0.661. The number of hydrogen-bond donors (Lipinski definition) is 2. The van der Waals surface area contributed by atoms with Crippen LogP contribution in [0, 0.1) is 12.7 Å². The second-order valence-electron chi connectivity index (χ2n) is 7.96. The molecule has 3 heterocycles. The molecule has 0 bridgehead atoms. The van der Waals surface area contributed by atoms with Gasteiger partial charge in [0.25, 0.3) is 5.56 Å². The van der Waals surface area contributed by atoms with Crippen LogP contribution in [0.4, 0.5) is 14.9 Å². The number of pyridine rings is 2. The molecule has 4 rings (SSSR count). The molecular formula is C23H26FN5O2. The largest absolute Gasteiger partial charge is 0.335 e. The molecule has 0 radical (unpaired) electrons. The van der Waals surface area contributed by atoms with E-state index in [1.165, 1.54) is 12.1 Å². The standard InChI is InChI=1S/C23H26FN5O2/c1-16-2-4-18(5-3-16)26-23(31)27-19-8-10-28(11-9-19)12-13-29-21-14-17(24)15-25-20(21)6-7-22(29)30/h2-7,14-15,19H,8-13H2,1H3,(H2,26,27,31). The number of nitrogens with zero attached hydrogens (tertiary/aromatic N) is 3. The van der Waals surface area contributed by atoms with Crippen molar-refractivity contribution in [2.45, 2.75) is 32.4 Å². The molecule has 2 aromatic heterocycles. The van der Waals surface area contributed by atoms with E-state index in [-0.39, 0.29) is 17.6 Å². The Bertz CT molecular complexity index is 1120. The number of amides is 2. The van der Waals surface area contributed by atoms with Gasteiger partial charge in [0.15, 0.2) is 0 Å². The van der Waals surface area contributed by atoms with E-state index in [2.05, 4.69) is 20.5 Å². The van der Waals surface area contributed by atoms with Crippen LogP contribution in [0.3, 0.4) is 0 Å². The van der Waals surface area contributed by atoms with E-state index >= 15 is 0 Å². The highest BCUT2D eigenvalue weighted by molar-refractivity contribution is 5.89. The molecule has 1 saturated heterocycles. The molecule has 2 amide bonds. The maximum absolute atomic E-state index is 13.6. The Labute approximate surface area is 179 Å². The molecule has 7 nitrogen and oxygen atoms in total. The van der Waals surface area contributed by atoms with Crippen LogP contribution in [0.25, 0.3) is 11.0 Å². The zero-order valence-corrected chi connectivity index (χ0v) is 17.5. The van der Waals surface area contributed by atoms with Crippen molar-refractivity contribution in [1.29, 1.82) is 0 Å². The Morgan fingerprint density at radius 3 is 2.61 bits per heavy atom. The number of benzene rings is 1. The van der Waals surface area contributed by atoms with Crippen LogP contribution in [-0.2, 0) is 6.54 Å². The van der Waals surface area contributed by atoms with Crippen LogP contribution in [0.15, 0.2) is 53.5 Å². The summed E-state index contributed by atoms with van der Waals surface area (Å²) < 4.78 is 15.2. The Hall–Kier alpha value is -3.26. The smallest absolute Gasteiger partial charge is 0.319 e. The minimum atomic E-state index is -0.456. The van der Waals surface area contributed by atoms with Crippen molar-refractivity contribution in [2.24, 2.45) is 0 Å². The van der Waals surface area contributed by atoms with E-state index in [4.69, 9.17) is 0 Å². The zero-order chi connectivity index (χ0) is 21.8. The van der Waals surface area contributed by atoms with Gasteiger partial charge < -0.3 is 20.1 Å². The van der Waals surface area contributed by atoms with E-state index in [0.29, 0.717) is 24.1 Å². The molecule has 3 aromatic rings. The van der Waals surface area contributed by atoms with Crippen molar-refractivity contribution in [3.8, 4) is 0 Å². The third kappa shape index (κ3) is 5.27. The number of aromatic nitrogens is 2. The van der Waals surface area contributed by atoms with Gasteiger partial charge in [-0.3, -0.25) is 9.78 Å². The maximum atomic E-state index is 13.6. The fourth-order valence-corrected chi connectivity index (χ4v) is 3.91. The number of urea groups is 1. The van der Waals surface area contributed by atoms with Crippen molar-refractivity contribution in [2.75, 3.05) is 25.0 Å². The van der Waals surface area contributed by atoms with E-state index in [1.54, 1.807) is 10.6 Å². The number of carbonyl (C=O) groups excluding carboxylic acids is 1. The lowest BCUT2D eigenvalue weighted by molar-refractivity contribution is 0.191. The number of rotatable bonds is 5. The zero-order valence-electron chi connectivity index (χ0n) is 17.5. The summed E-state index contributed by atoms with van der Waals surface area (Å²) in [5.41, 5.74) is 2.86. The van der Waals surface area contributed by atoms with Gasteiger partial charge in [-0.2, -0.15) is 0 Å². The summed E-state index contributed by atoms with van der Waals surface area (Å²) in [6.07, 6.45) is 2.83. The fourth-order valence-electron chi connectivity index (χ4n) is 3.91. The Morgan fingerprint density at radius 1 is 1.13 bits per heavy atom. The van der Waals surface area contributed by atoms with Crippen molar-refractivity contribution in [3.05, 3.63) is 70.4 Å². The molecule has 31 heavy (non-hydrogen) atoms. The highest BCUT2D eigenvalue weighted by atomic mass is 19.1. The number of anilines is 1. The first-order valence-electron chi connectivity index (χ1n) is 10.5. The Kier molecular flexibility index (Phi) is 6.27. The third-order valence-corrected chi connectivity index (χ3v) is 5.68. The lowest BCUT2D eigenvalue weighted by Crippen LogP contribution is -2.46. The molecule has 1 aliphatic heterocycles. The first-order valence-corrected chi connectivity index (χ1v) is 10.5. The number of nitrogens with one attached hydrogen (secondary N) is 2. The normalized spacial score (nSPS) is 15.2. The van der Waals surface area contributed by atoms with E-state index in [9.17, 15) is 14.0 Å². The molecule has 162 valence electrons. The molecule has 1 aliphatic rings. The Balaban J connectivity index is 1.28. The molecular weight excluding hydrogens is 397 g/mol. The summed E-state index contributed by atoms with van der Waals surface area (Å²) >= 11 is 0. The van der Waals surface area contributed by atoms with Crippen LogP contribution in [-0.4, -0.2) is 46.2 Å². The van der Waals surface area contributed by atoms with Gasteiger partial charge in [0.1, 0.15) is 5.82 Å². The number of aryl methyl sites for hydroxylation is 1. The van der Waals surface area contributed by atoms with Crippen molar-refractivity contribution in [3.63, 3.8) is 0 Å². The van der Waals surface area contributed by atoms with E-state index in [0.717, 1.165) is 43.4 Å². The van der Waals surface area contributed by atoms with Crippen molar-refractivity contribution in [1.82, 2.24) is 19.8 Å². The van der Waals surface area contributed by atoms with Gasteiger partial charge in [0, 0.05) is 50.0 Å². The lowest BCUT2D eigenvalue weighted by atomic mass is 10.1. The highest BCUT2D eigenvalue weighted by Gasteiger charge is 2.21. The monoisotopic (exact) mass is 423 g/mol. The first kappa shape index (κ1) is 21.0. The molecule has 2 N–H and O–H groups in total. The van der Waals surface area contributed by atoms with Gasteiger partial charge in [-0.15, -0.1) is 0 Å². The highest BCUT2D eigenvalue weighted by Crippen LogP contribution is 2.14. The Morgan fingerprint density at radius 2 is 1.87 bits per heavy atom. The topological polar surface area (TPSA) is 79.3 Å². The van der Waals surface area contributed by atoms with Crippen LogP contribution < -0.4 is 16.2 Å². The van der Waals surface area contributed by atoms with Gasteiger partial charge >= 0.3 is 6.03 Å². The summed E-state index contributed by atoms with van der Waals surface area (Å²) in [4.78, 5) is 30.8. The predicted octanol–water partition coefficient (Wildman–Crippen LogP) is 3.13. The number of hydrogen-bond acceptors (Lipinski definition) is 4. The van der Waals surface area contributed by atoms with Crippen LogP contribution in [0.2, 0.25) is 0 Å². The molecule has 0 unspecified atom stereocenters. The molecule has 0 atom stereocenters. The maximum Gasteiger partial charge on any atom is 0.319 e. The number of likely N-dealkylation sites (tertiary alicyclic amines) is 1.